The first-order valence-electron chi connectivity index (χ1n) is 7.74. The van der Waals surface area contributed by atoms with Gasteiger partial charge in [-0.1, -0.05) is 30.3 Å². The van der Waals surface area contributed by atoms with Crippen LogP contribution >= 0.6 is 27.3 Å². The largest absolute Gasteiger partial charge is 0.365 e. The van der Waals surface area contributed by atoms with Crippen LogP contribution in [0.25, 0.3) is 6.08 Å². The molecule has 4 nitrogen and oxygen atoms in total. The molecule has 2 amide bonds. The van der Waals surface area contributed by atoms with Crippen LogP contribution in [0.5, 0.6) is 0 Å². The lowest BCUT2D eigenvalue weighted by Crippen LogP contribution is -2.18. The summed E-state index contributed by atoms with van der Waals surface area (Å²) in [6.07, 6.45) is 5.69. The molecule has 24 heavy (non-hydrogen) atoms. The summed E-state index contributed by atoms with van der Waals surface area (Å²) in [6.45, 7) is 0. The minimum absolute atomic E-state index is 0.292. The molecule has 0 fully saturated rings. The number of hydrogen-bond acceptors (Lipinski definition) is 3. The highest BCUT2D eigenvalue weighted by Gasteiger charge is 2.25. The molecule has 1 aliphatic carbocycles. The topological polar surface area (TPSA) is 72.2 Å². The highest BCUT2D eigenvalue weighted by atomic mass is 79.9. The standard InChI is InChI=1S/C18H17BrN2O2S/c19-13(10-11-6-2-1-3-7-11)17(23)21-18-15(16(20)22)12-8-4-5-9-14(12)24-18/h1-3,6-7,10H,4-5,8-9H2,(H2,20,22)(H,21,23). The van der Waals surface area contributed by atoms with E-state index in [0.717, 1.165) is 41.7 Å². The highest BCUT2D eigenvalue weighted by molar-refractivity contribution is 9.12. The van der Waals surface area contributed by atoms with Crippen LogP contribution < -0.4 is 11.1 Å². The van der Waals surface area contributed by atoms with Gasteiger partial charge in [0, 0.05) is 4.88 Å². The van der Waals surface area contributed by atoms with Crippen LogP contribution in [0.4, 0.5) is 5.00 Å². The molecule has 1 aliphatic rings. The second kappa shape index (κ2) is 7.32. The lowest BCUT2D eigenvalue weighted by atomic mass is 9.95. The normalized spacial score (nSPS) is 14.1. The molecule has 1 aromatic carbocycles. The molecule has 0 unspecified atom stereocenters. The van der Waals surface area contributed by atoms with Gasteiger partial charge in [0.2, 0.25) is 0 Å². The molecule has 3 rings (SSSR count). The molecule has 0 saturated carbocycles. The molecule has 0 aliphatic heterocycles. The Hall–Kier alpha value is -1.92. The quantitative estimate of drug-likeness (QED) is 0.752. The van der Waals surface area contributed by atoms with Gasteiger partial charge in [0.15, 0.2) is 0 Å². The van der Waals surface area contributed by atoms with Gasteiger partial charge in [0.25, 0.3) is 11.8 Å². The average molecular weight is 405 g/mol. The van der Waals surface area contributed by atoms with Gasteiger partial charge in [-0.2, -0.15) is 0 Å². The summed E-state index contributed by atoms with van der Waals surface area (Å²) >= 11 is 4.77. The molecule has 0 spiro atoms. The van der Waals surface area contributed by atoms with Crippen molar-refractivity contribution in [2.75, 3.05) is 5.32 Å². The molecule has 6 heteroatoms. The van der Waals surface area contributed by atoms with E-state index in [0.29, 0.717) is 15.0 Å². The second-order valence-electron chi connectivity index (χ2n) is 5.64. The Labute approximate surface area is 152 Å². The number of aryl methyl sites for hydroxylation is 1. The SMILES string of the molecule is NC(=O)c1c(NC(=O)C(Br)=Cc2ccccc2)sc2c1CCCC2. The van der Waals surface area contributed by atoms with Crippen LogP contribution in [-0.4, -0.2) is 11.8 Å². The molecule has 2 aromatic rings. The summed E-state index contributed by atoms with van der Waals surface area (Å²) in [6, 6.07) is 9.55. The predicted molar refractivity (Wildman–Crippen MR) is 101 cm³/mol. The van der Waals surface area contributed by atoms with E-state index in [4.69, 9.17) is 5.73 Å². The van der Waals surface area contributed by atoms with Crippen molar-refractivity contribution >= 4 is 50.2 Å². The number of nitrogens with two attached hydrogens (primary N) is 1. The maximum atomic E-state index is 12.4. The average Bonchev–Trinajstić information content (AvgIpc) is 2.93. The van der Waals surface area contributed by atoms with Gasteiger partial charge in [0.1, 0.15) is 5.00 Å². The first-order chi connectivity index (χ1) is 11.6. The van der Waals surface area contributed by atoms with E-state index in [-0.39, 0.29) is 5.91 Å². The van der Waals surface area contributed by atoms with Crippen molar-refractivity contribution in [3.63, 3.8) is 0 Å². The number of benzene rings is 1. The molecule has 0 bridgehead atoms. The Kier molecular flexibility index (Phi) is 5.16. The Balaban J connectivity index is 1.85. The first kappa shape index (κ1) is 16.9. The molecule has 1 aromatic heterocycles. The van der Waals surface area contributed by atoms with Crippen molar-refractivity contribution in [2.24, 2.45) is 5.73 Å². The number of anilines is 1. The summed E-state index contributed by atoms with van der Waals surface area (Å²) in [5.74, 6) is -0.771. The highest BCUT2D eigenvalue weighted by Crippen LogP contribution is 2.38. The zero-order chi connectivity index (χ0) is 17.1. The summed E-state index contributed by atoms with van der Waals surface area (Å²) in [5.41, 5.74) is 7.95. The number of primary amides is 1. The lowest BCUT2D eigenvalue weighted by molar-refractivity contribution is -0.112. The van der Waals surface area contributed by atoms with E-state index in [1.807, 2.05) is 30.3 Å². The van der Waals surface area contributed by atoms with Gasteiger partial charge in [-0.25, -0.2) is 0 Å². The van der Waals surface area contributed by atoms with Crippen LogP contribution in [0.2, 0.25) is 0 Å². The third-order valence-corrected chi connectivity index (χ3v) is 5.75. The molecule has 124 valence electrons. The van der Waals surface area contributed by atoms with Crippen molar-refractivity contribution in [3.8, 4) is 0 Å². The van der Waals surface area contributed by atoms with Crippen molar-refractivity contribution < 1.29 is 9.59 Å². The molecular formula is C18H17BrN2O2S. The van der Waals surface area contributed by atoms with Crippen LogP contribution in [0.15, 0.2) is 34.8 Å². The number of carbonyl (C=O) groups excluding carboxylic acids is 2. The van der Waals surface area contributed by atoms with Gasteiger partial charge < -0.3 is 11.1 Å². The van der Waals surface area contributed by atoms with Gasteiger partial charge in [-0.3, -0.25) is 9.59 Å². The van der Waals surface area contributed by atoms with E-state index in [2.05, 4.69) is 21.2 Å². The van der Waals surface area contributed by atoms with Gasteiger partial charge in [-0.05, 0) is 58.8 Å². The number of amides is 2. The number of fused-ring (bicyclic) bond motifs is 1. The van der Waals surface area contributed by atoms with E-state index in [1.54, 1.807) is 6.08 Å². The molecule has 0 atom stereocenters. The second-order valence-corrected chi connectivity index (χ2v) is 7.60. The number of hydrogen-bond donors (Lipinski definition) is 2. The smallest absolute Gasteiger partial charge is 0.263 e. The number of halogens is 1. The Morgan fingerprint density at radius 2 is 1.88 bits per heavy atom. The minimum atomic E-state index is -0.479. The fourth-order valence-corrected chi connectivity index (χ4v) is 4.49. The van der Waals surface area contributed by atoms with E-state index < -0.39 is 5.91 Å². The van der Waals surface area contributed by atoms with Crippen LogP contribution in [0, 0.1) is 0 Å². The Morgan fingerprint density at radius 3 is 2.58 bits per heavy atom. The summed E-state index contributed by atoms with van der Waals surface area (Å²) in [4.78, 5) is 25.4. The van der Waals surface area contributed by atoms with E-state index in [9.17, 15) is 9.59 Å². The lowest BCUT2D eigenvalue weighted by Gasteiger charge is -2.11. The van der Waals surface area contributed by atoms with Crippen molar-refractivity contribution in [2.45, 2.75) is 25.7 Å². The monoisotopic (exact) mass is 404 g/mol. The zero-order valence-electron chi connectivity index (χ0n) is 13.0. The summed E-state index contributed by atoms with van der Waals surface area (Å²) in [5, 5.41) is 3.39. The van der Waals surface area contributed by atoms with Crippen molar-refractivity contribution in [1.29, 1.82) is 0 Å². The van der Waals surface area contributed by atoms with E-state index in [1.165, 1.54) is 11.3 Å². The van der Waals surface area contributed by atoms with Crippen LogP contribution in [0.3, 0.4) is 0 Å². The number of carbonyl (C=O) groups is 2. The molecule has 3 N–H and O–H groups in total. The Bertz CT molecular complexity index is 812. The summed E-state index contributed by atoms with van der Waals surface area (Å²) in [7, 11) is 0. The zero-order valence-corrected chi connectivity index (χ0v) is 15.4. The molecule has 0 radical (unpaired) electrons. The van der Waals surface area contributed by atoms with Gasteiger partial charge in [0.05, 0.1) is 10.0 Å². The van der Waals surface area contributed by atoms with Gasteiger partial charge in [-0.15, -0.1) is 11.3 Å². The fraction of sp³-hybridized carbons (Fsp3) is 0.222. The third-order valence-electron chi connectivity index (χ3n) is 3.95. The molecular weight excluding hydrogens is 388 g/mol. The van der Waals surface area contributed by atoms with Gasteiger partial charge >= 0.3 is 0 Å². The van der Waals surface area contributed by atoms with Crippen molar-refractivity contribution in [3.05, 3.63) is 56.4 Å². The Morgan fingerprint density at radius 1 is 1.17 bits per heavy atom. The van der Waals surface area contributed by atoms with Crippen LogP contribution in [0.1, 0.15) is 39.2 Å². The maximum Gasteiger partial charge on any atom is 0.263 e. The first-order valence-corrected chi connectivity index (χ1v) is 9.35. The minimum Gasteiger partial charge on any atom is -0.365 e. The molecule has 1 heterocycles. The molecule has 0 saturated heterocycles. The number of rotatable bonds is 4. The predicted octanol–water partition coefficient (Wildman–Crippen LogP) is 4.10. The summed E-state index contributed by atoms with van der Waals surface area (Å²) < 4.78 is 0.399. The number of nitrogens with one attached hydrogen (secondary N) is 1. The fourth-order valence-electron chi connectivity index (χ4n) is 2.84. The van der Waals surface area contributed by atoms with E-state index >= 15 is 0 Å². The number of thiophene rings is 1. The maximum absolute atomic E-state index is 12.4. The third kappa shape index (κ3) is 3.60. The van der Waals surface area contributed by atoms with Crippen molar-refractivity contribution in [1.82, 2.24) is 0 Å². The van der Waals surface area contributed by atoms with Crippen LogP contribution in [-0.2, 0) is 17.6 Å².